The lowest BCUT2D eigenvalue weighted by molar-refractivity contribution is 0.768. The molecular formula is C11H8BrClN4. The number of aromatic amines is 1. The summed E-state index contributed by atoms with van der Waals surface area (Å²) in [6.07, 6.45) is 5.44. The van der Waals surface area contributed by atoms with Gasteiger partial charge in [0.1, 0.15) is 4.60 Å². The Morgan fingerprint density at radius 2 is 2.24 bits per heavy atom. The van der Waals surface area contributed by atoms with Gasteiger partial charge in [-0.25, -0.2) is 4.98 Å². The number of rotatable bonds is 1. The third kappa shape index (κ3) is 1.75. The number of nitrogens with one attached hydrogen (secondary N) is 1. The van der Waals surface area contributed by atoms with Gasteiger partial charge in [-0.15, -0.1) is 0 Å². The minimum absolute atomic E-state index is 0.674. The number of aromatic nitrogens is 4. The first-order valence-corrected chi connectivity index (χ1v) is 6.14. The third-order valence-corrected chi connectivity index (χ3v) is 3.41. The van der Waals surface area contributed by atoms with Crippen LogP contribution >= 0.6 is 27.5 Å². The maximum Gasteiger partial charge on any atom is 0.108 e. The zero-order valence-electron chi connectivity index (χ0n) is 8.91. The number of halogens is 2. The number of hydrogen-bond donors (Lipinski definition) is 1. The average molecular weight is 312 g/mol. The minimum atomic E-state index is 0.674. The summed E-state index contributed by atoms with van der Waals surface area (Å²) in [5.74, 6) is 0. The molecule has 6 heteroatoms. The minimum Gasteiger partial charge on any atom is -0.353 e. The van der Waals surface area contributed by atoms with Gasteiger partial charge in [-0.1, -0.05) is 11.6 Å². The Morgan fingerprint density at radius 1 is 1.41 bits per heavy atom. The largest absolute Gasteiger partial charge is 0.353 e. The van der Waals surface area contributed by atoms with Crippen molar-refractivity contribution in [2.24, 2.45) is 7.05 Å². The molecule has 0 aliphatic rings. The molecule has 17 heavy (non-hydrogen) atoms. The Labute approximate surface area is 111 Å². The molecule has 0 aromatic carbocycles. The van der Waals surface area contributed by atoms with Crippen molar-refractivity contribution in [3.8, 4) is 11.3 Å². The zero-order valence-corrected chi connectivity index (χ0v) is 11.2. The van der Waals surface area contributed by atoms with Crippen molar-refractivity contribution >= 4 is 38.4 Å². The van der Waals surface area contributed by atoms with Gasteiger partial charge in [-0.2, -0.15) is 5.10 Å². The van der Waals surface area contributed by atoms with Crippen LogP contribution in [0.25, 0.3) is 22.2 Å². The van der Waals surface area contributed by atoms with Crippen molar-refractivity contribution in [1.82, 2.24) is 19.7 Å². The fourth-order valence-electron chi connectivity index (χ4n) is 1.78. The van der Waals surface area contributed by atoms with Gasteiger partial charge >= 0.3 is 0 Å². The zero-order chi connectivity index (χ0) is 12.0. The van der Waals surface area contributed by atoms with Gasteiger partial charge in [0.2, 0.25) is 0 Å². The van der Waals surface area contributed by atoms with E-state index in [9.17, 15) is 0 Å². The van der Waals surface area contributed by atoms with Crippen LogP contribution in [0.2, 0.25) is 5.02 Å². The molecule has 1 N–H and O–H groups in total. The highest BCUT2D eigenvalue weighted by Gasteiger charge is 2.13. The molecule has 3 aromatic rings. The Balaban J connectivity index is 2.27. The highest BCUT2D eigenvalue weighted by atomic mass is 79.9. The molecule has 86 valence electrons. The maximum atomic E-state index is 6.33. The van der Waals surface area contributed by atoms with Crippen LogP contribution in [0.5, 0.6) is 0 Å². The fraction of sp³-hybridized carbons (Fsp3) is 0.0909. The Kier molecular flexibility index (Phi) is 2.45. The molecule has 0 aliphatic heterocycles. The number of nitrogens with zero attached hydrogens (tertiary/aromatic N) is 3. The summed E-state index contributed by atoms with van der Waals surface area (Å²) in [7, 11) is 1.87. The lowest BCUT2D eigenvalue weighted by Crippen LogP contribution is -1.84. The number of hydrogen-bond acceptors (Lipinski definition) is 2. The predicted molar refractivity (Wildman–Crippen MR) is 71.0 cm³/mol. The van der Waals surface area contributed by atoms with Gasteiger partial charge in [0.15, 0.2) is 0 Å². The van der Waals surface area contributed by atoms with Crippen LogP contribution in [0.15, 0.2) is 29.3 Å². The van der Waals surface area contributed by atoms with E-state index < -0.39 is 0 Å². The van der Waals surface area contributed by atoms with E-state index in [1.54, 1.807) is 17.1 Å². The molecule has 0 amide bonds. The van der Waals surface area contributed by atoms with Crippen LogP contribution in [0.4, 0.5) is 0 Å². The second-order valence-corrected chi connectivity index (χ2v) is 4.96. The molecule has 0 fully saturated rings. The van der Waals surface area contributed by atoms with Gasteiger partial charge in [0.05, 0.1) is 22.4 Å². The molecular weight excluding hydrogens is 304 g/mol. The lowest BCUT2D eigenvalue weighted by atomic mass is 10.2. The first kappa shape index (κ1) is 10.8. The van der Waals surface area contributed by atoms with E-state index in [0.29, 0.717) is 5.02 Å². The van der Waals surface area contributed by atoms with Crippen molar-refractivity contribution < 1.29 is 0 Å². The van der Waals surface area contributed by atoms with Gasteiger partial charge in [-0.05, 0) is 22.0 Å². The normalized spacial score (nSPS) is 11.2. The predicted octanol–water partition coefficient (Wildman–Crippen LogP) is 3.38. The molecule has 0 radical (unpaired) electrons. The monoisotopic (exact) mass is 310 g/mol. The molecule has 0 unspecified atom stereocenters. The topological polar surface area (TPSA) is 46.5 Å². The summed E-state index contributed by atoms with van der Waals surface area (Å²) in [6, 6.07) is 1.90. The number of pyridine rings is 1. The van der Waals surface area contributed by atoms with Crippen LogP contribution in [-0.2, 0) is 7.05 Å². The van der Waals surface area contributed by atoms with Gasteiger partial charge < -0.3 is 4.98 Å². The van der Waals surface area contributed by atoms with Gasteiger partial charge in [0.25, 0.3) is 0 Å². The summed E-state index contributed by atoms with van der Waals surface area (Å²) in [5, 5.41) is 5.72. The highest BCUT2D eigenvalue weighted by Crippen LogP contribution is 2.34. The van der Waals surface area contributed by atoms with E-state index in [1.165, 1.54) is 0 Å². The Bertz CT molecular complexity index is 701. The number of fused-ring (bicyclic) bond motifs is 1. The van der Waals surface area contributed by atoms with E-state index in [-0.39, 0.29) is 0 Å². The van der Waals surface area contributed by atoms with Crippen LogP contribution < -0.4 is 0 Å². The molecule has 0 bridgehead atoms. The number of aryl methyl sites for hydroxylation is 1. The molecule has 0 aliphatic carbocycles. The van der Waals surface area contributed by atoms with E-state index in [4.69, 9.17) is 11.6 Å². The molecule has 3 heterocycles. The van der Waals surface area contributed by atoms with Gasteiger partial charge in [0, 0.05) is 30.4 Å². The lowest BCUT2D eigenvalue weighted by Gasteiger charge is -1.92. The first-order valence-electron chi connectivity index (χ1n) is 4.97. The van der Waals surface area contributed by atoms with Crippen molar-refractivity contribution in [1.29, 1.82) is 0 Å². The molecule has 0 atom stereocenters. The second kappa shape index (κ2) is 3.85. The quantitative estimate of drug-likeness (QED) is 0.700. The maximum absolute atomic E-state index is 6.33. The third-order valence-electron chi connectivity index (χ3n) is 2.58. The molecule has 0 spiro atoms. The van der Waals surface area contributed by atoms with Crippen molar-refractivity contribution in [3.05, 3.63) is 34.3 Å². The van der Waals surface area contributed by atoms with Crippen molar-refractivity contribution in [2.45, 2.75) is 0 Å². The van der Waals surface area contributed by atoms with E-state index >= 15 is 0 Å². The SMILES string of the molecule is Cn1cc(-c2[nH]c3cc(Br)ncc3c2Cl)cn1. The van der Waals surface area contributed by atoms with E-state index in [1.807, 2.05) is 19.3 Å². The second-order valence-electron chi connectivity index (χ2n) is 3.77. The van der Waals surface area contributed by atoms with E-state index in [0.717, 1.165) is 26.8 Å². The fourth-order valence-corrected chi connectivity index (χ4v) is 2.42. The first-order chi connectivity index (χ1) is 8.15. The smallest absolute Gasteiger partial charge is 0.108 e. The van der Waals surface area contributed by atoms with Crippen LogP contribution in [0.1, 0.15) is 0 Å². The van der Waals surface area contributed by atoms with Crippen LogP contribution in [-0.4, -0.2) is 19.7 Å². The Morgan fingerprint density at radius 3 is 2.94 bits per heavy atom. The summed E-state index contributed by atoms with van der Waals surface area (Å²) >= 11 is 9.67. The number of H-pyrrole nitrogens is 1. The molecule has 0 saturated carbocycles. The summed E-state index contributed by atoms with van der Waals surface area (Å²) in [6.45, 7) is 0. The average Bonchev–Trinajstić information content (AvgIpc) is 2.83. The molecule has 4 nitrogen and oxygen atoms in total. The summed E-state index contributed by atoms with van der Waals surface area (Å²) in [4.78, 5) is 7.45. The standard InChI is InChI=1S/C11H8BrClN4/c1-17-5-6(3-15-17)11-10(13)7-4-14-9(12)2-8(7)16-11/h2-5,16H,1H3. The summed E-state index contributed by atoms with van der Waals surface area (Å²) < 4.78 is 2.52. The molecule has 0 saturated heterocycles. The highest BCUT2D eigenvalue weighted by molar-refractivity contribution is 9.10. The van der Waals surface area contributed by atoms with Crippen molar-refractivity contribution in [2.75, 3.05) is 0 Å². The van der Waals surface area contributed by atoms with Crippen LogP contribution in [0.3, 0.4) is 0 Å². The molecule has 3 aromatic heterocycles. The van der Waals surface area contributed by atoms with Crippen LogP contribution in [0, 0.1) is 0 Å². The van der Waals surface area contributed by atoms with Crippen molar-refractivity contribution in [3.63, 3.8) is 0 Å². The van der Waals surface area contributed by atoms with Gasteiger partial charge in [-0.3, -0.25) is 4.68 Å². The summed E-state index contributed by atoms with van der Waals surface area (Å²) in [5.41, 5.74) is 2.79. The van der Waals surface area contributed by atoms with E-state index in [2.05, 4.69) is 31.0 Å². The molecule has 3 rings (SSSR count). The Hall–Kier alpha value is -1.33.